The van der Waals surface area contributed by atoms with Crippen LogP contribution in [0, 0.1) is 0 Å². The molecule has 0 spiro atoms. The van der Waals surface area contributed by atoms with Gasteiger partial charge < -0.3 is 52.5 Å². The van der Waals surface area contributed by atoms with E-state index >= 15 is 0 Å². The summed E-state index contributed by atoms with van der Waals surface area (Å²) in [5.74, 6) is 2.29. The van der Waals surface area contributed by atoms with E-state index in [0.717, 1.165) is 0 Å². The van der Waals surface area contributed by atoms with E-state index in [2.05, 4.69) is 0 Å². The van der Waals surface area contributed by atoms with Crippen LogP contribution >= 0.6 is 0 Å². The van der Waals surface area contributed by atoms with Gasteiger partial charge in [-0.25, -0.2) is 0 Å². The Bertz CT molecular complexity index is 1620. The first-order chi connectivity index (χ1) is 24.6. The lowest BCUT2D eigenvalue weighted by molar-refractivity contribution is -0.151. The summed E-state index contributed by atoms with van der Waals surface area (Å²) in [6, 6.07) is 27.9. The van der Waals surface area contributed by atoms with Crippen molar-refractivity contribution in [2.24, 2.45) is 0 Å². The molecule has 1 unspecified atom stereocenters. The Kier molecular flexibility index (Phi) is 12.1. The van der Waals surface area contributed by atoms with Crippen LogP contribution in [0.15, 0.2) is 97.1 Å². The molecular formula is C38H40O12. The van der Waals surface area contributed by atoms with Gasteiger partial charge >= 0.3 is 0 Å². The molecule has 0 amide bonds. The number of rotatable bonds is 1. The van der Waals surface area contributed by atoms with Crippen molar-refractivity contribution < 1.29 is 57.3 Å². The third-order valence-electron chi connectivity index (χ3n) is 7.69. The second-order valence-corrected chi connectivity index (χ2v) is 11.3. The van der Waals surface area contributed by atoms with Gasteiger partial charge in [0.25, 0.3) is 0 Å². The summed E-state index contributed by atoms with van der Waals surface area (Å²) >= 11 is 0. The summed E-state index contributed by atoms with van der Waals surface area (Å²) in [5, 5.41) is 12.6. The number of para-hydroxylation sites is 8. The first-order valence-corrected chi connectivity index (χ1v) is 16.4. The monoisotopic (exact) mass is 688 g/mol. The van der Waals surface area contributed by atoms with Crippen molar-refractivity contribution in [3.63, 3.8) is 0 Å². The summed E-state index contributed by atoms with van der Waals surface area (Å²) in [7, 11) is 0. The Morgan fingerprint density at radius 2 is 0.760 bits per heavy atom. The van der Waals surface area contributed by atoms with Crippen molar-refractivity contribution in [1.29, 1.82) is 0 Å². The largest absolute Gasteiger partial charge is 0.487 e. The molecule has 0 saturated heterocycles. The van der Waals surface area contributed by atoms with Gasteiger partial charge in [0.1, 0.15) is 39.6 Å². The Hall–Kier alpha value is -5.17. The number of carbonyl (C=O) groups is 1. The molecule has 2 heterocycles. The van der Waals surface area contributed by atoms with E-state index in [-0.39, 0.29) is 38.8 Å². The van der Waals surface area contributed by atoms with Gasteiger partial charge in [-0.3, -0.25) is 4.79 Å². The van der Waals surface area contributed by atoms with Gasteiger partial charge in [0.15, 0.2) is 64.3 Å². The molecule has 2 aliphatic rings. The molecule has 264 valence electrons. The molecule has 0 aliphatic carbocycles. The van der Waals surface area contributed by atoms with Crippen LogP contribution in [-0.2, 0) is 14.3 Å². The third-order valence-corrected chi connectivity index (χ3v) is 7.69. The van der Waals surface area contributed by atoms with Crippen molar-refractivity contribution in [2.45, 2.75) is 11.7 Å². The van der Waals surface area contributed by atoms with Gasteiger partial charge in [0, 0.05) is 0 Å². The molecule has 0 fully saturated rings. The minimum atomic E-state index is -2.11. The number of carbonyl (C=O) groups excluding carboxylic acids is 1. The van der Waals surface area contributed by atoms with Gasteiger partial charge in [-0.1, -0.05) is 48.5 Å². The van der Waals surface area contributed by atoms with Gasteiger partial charge in [-0.15, -0.1) is 0 Å². The highest BCUT2D eigenvalue weighted by molar-refractivity contribution is 5.86. The van der Waals surface area contributed by atoms with Crippen molar-refractivity contribution in [3.8, 4) is 46.0 Å². The Morgan fingerprint density at radius 3 is 1.16 bits per heavy atom. The third kappa shape index (κ3) is 9.29. The molecule has 4 aromatic rings. The fraction of sp³-hybridized carbons (Fsp3) is 0.342. The summed E-state index contributed by atoms with van der Waals surface area (Å²) < 4.78 is 59.9. The van der Waals surface area contributed by atoms with Crippen LogP contribution in [0.4, 0.5) is 0 Å². The standard InChI is InChI=1S/C38H40O12/c39-28-25-47-32-12-4-1-9-29(32)43-21-17-42-20-24-46-35-15-7-8-16-36(35)50-37(28)38(40)26-48-33-13-5-2-10-30(33)44-22-18-41-19-23-45-31-11-3-6-14-34(31)49-27-38/h1-16,37,40H,17-27H2. The maximum Gasteiger partial charge on any atom is 0.213 e. The van der Waals surface area contributed by atoms with Crippen LogP contribution in [0.25, 0.3) is 0 Å². The highest BCUT2D eigenvalue weighted by Crippen LogP contribution is 2.34. The lowest BCUT2D eigenvalue weighted by Crippen LogP contribution is -2.59. The van der Waals surface area contributed by atoms with Crippen LogP contribution < -0.4 is 37.9 Å². The van der Waals surface area contributed by atoms with Crippen LogP contribution in [0.2, 0.25) is 0 Å². The number of ketones is 1. The van der Waals surface area contributed by atoms with Crippen LogP contribution in [0.1, 0.15) is 0 Å². The van der Waals surface area contributed by atoms with E-state index in [0.29, 0.717) is 60.1 Å². The summed E-state index contributed by atoms with van der Waals surface area (Å²) in [6.07, 6.45) is -1.59. The molecule has 12 heteroatoms. The number of benzene rings is 4. The summed E-state index contributed by atoms with van der Waals surface area (Å²) in [5.41, 5.74) is -2.11. The zero-order chi connectivity index (χ0) is 34.4. The molecule has 0 radical (unpaired) electrons. The Morgan fingerprint density at radius 1 is 0.440 bits per heavy atom. The molecule has 6 rings (SSSR count). The quantitative estimate of drug-likeness (QED) is 0.301. The van der Waals surface area contributed by atoms with Gasteiger partial charge in [-0.05, 0) is 48.5 Å². The Labute approximate surface area is 290 Å². The smallest absolute Gasteiger partial charge is 0.213 e. The van der Waals surface area contributed by atoms with Gasteiger partial charge in [-0.2, -0.15) is 0 Å². The number of aliphatic hydroxyl groups is 1. The molecule has 50 heavy (non-hydrogen) atoms. The minimum Gasteiger partial charge on any atom is -0.487 e. The van der Waals surface area contributed by atoms with E-state index in [9.17, 15) is 9.90 Å². The number of hydrogen-bond acceptors (Lipinski definition) is 12. The normalized spacial score (nSPS) is 19.1. The zero-order valence-corrected chi connectivity index (χ0v) is 27.5. The molecule has 1 atom stereocenters. The lowest BCUT2D eigenvalue weighted by Gasteiger charge is -2.35. The fourth-order valence-electron chi connectivity index (χ4n) is 5.20. The first kappa shape index (κ1) is 34.7. The number of ether oxygens (including phenoxy) is 10. The van der Waals surface area contributed by atoms with Crippen LogP contribution in [0.5, 0.6) is 46.0 Å². The van der Waals surface area contributed by atoms with E-state index in [4.69, 9.17) is 47.4 Å². The summed E-state index contributed by atoms with van der Waals surface area (Å²) in [6.45, 7) is 0.808. The molecule has 0 saturated carbocycles. The molecular weight excluding hydrogens is 648 g/mol. The van der Waals surface area contributed by atoms with E-state index in [1.165, 1.54) is 0 Å². The highest BCUT2D eigenvalue weighted by atomic mass is 16.6. The maximum absolute atomic E-state index is 14.3. The van der Waals surface area contributed by atoms with E-state index in [1.54, 1.807) is 97.1 Å². The highest BCUT2D eigenvalue weighted by Gasteiger charge is 2.46. The molecule has 2 aliphatic heterocycles. The van der Waals surface area contributed by atoms with Crippen molar-refractivity contribution >= 4 is 5.78 Å². The van der Waals surface area contributed by atoms with Crippen molar-refractivity contribution in [1.82, 2.24) is 0 Å². The molecule has 4 aromatic carbocycles. The first-order valence-electron chi connectivity index (χ1n) is 16.4. The topological polar surface area (TPSA) is 130 Å². The number of hydrogen-bond donors (Lipinski definition) is 1. The molecule has 1 N–H and O–H groups in total. The van der Waals surface area contributed by atoms with Crippen molar-refractivity contribution in [3.05, 3.63) is 97.1 Å². The van der Waals surface area contributed by atoms with E-state index < -0.39 is 37.3 Å². The maximum atomic E-state index is 14.3. The average Bonchev–Trinajstić information content (AvgIpc) is 3.14. The predicted octanol–water partition coefficient (Wildman–Crippen LogP) is 4.55. The molecule has 0 aromatic heterocycles. The fourth-order valence-corrected chi connectivity index (χ4v) is 5.20. The minimum absolute atomic E-state index is 0.202. The number of fused-ring (bicyclic) bond motifs is 4. The molecule has 0 bridgehead atoms. The van der Waals surface area contributed by atoms with Gasteiger partial charge in [0.05, 0.1) is 26.4 Å². The second kappa shape index (κ2) is 17.5. The lowest BCUT2D eigenvalue weighted by atomic mass is 9.94. The van der Waals surface area contributed by atoms with Gasteiger partial charge in [0.2, 0.25) is 5.78 Å². The van der Waals surface area contributed by atoms with Crippen LogP contribution in [-0.4, -0.2) is 95.3 Å². The predicted molar refractivity (Wildman–Crippen MR) is 180 cm³/mol. The van der Waals surface area contributed by atoms with Crippen molar-refractivity contribution in [2.75, 3.05) is 72.7 Å². The zero-order valence-electron chi connectivity index (χ0n) is 27.5. The number of Topliss-reactive ketones (excluding diaryl/α,β-unsaturated/α-hetero) is 1. The SMILES string of the molecule is O=C1COc2ccccc2OCCOCCOc2ccccc2OC1C1(O)COc2ccccc2OCCOCCOc2ccccc2OC1. The summed E-state index contributed by atoms with van der Waals surface area (Å²) in [4.78, 5) is 14.3. The Balaban J connectivity index is 1.37. The van der Waals surface area contributed by atoms with E-state index in [1.807, 2.05) is 0 Å². The average molecular weight is 689 g/mol. The second-order valence-electron chi connectivity index (χ2n) is 11.3. The molecule has 12 nitrogen and oxygen atoms in total. The van der Waals surface area contributed by atoms with Crippen LogP contribution in [0.3, 0.4) is 0 Å².